The summed E-state index contributed by atoms with van der Waals surface area (Å²) in [6, 6.07) is 16.4. The van der Waals surface area contributed by atoms with E-state index in [2.05, 4.69) is 10.6 Å². The van der Waals surface area contributed by atoms with Gasteiger partial charge in [-0.1, -0.05) is 41.9 Å². The van der Waals surface area contributed by atoms with Crippen molar-refractivity contribution in [1.29, 1.82) is 5.26 Å². The molecule has 0 aliphatic rings. The number of carbonyl (C=O) groups excluding carboxylic acids is 1. The van der Waals surface area contributed by atoms with Crippen molar-refractivity contribution >= 4 is 17.5 Å². The van der Waals surface area contributed by atoms with Crippen molar-refractivity contribution in [3.05, 3.63) is 76.5 Å². The van der Waals surface area contributed by atoms with Gasteiger partial charge in [-0.2, -0.15) is 5.26 Å². The number of nitrogens with zero attached hydrogens (tertiary/aromatic N) is 1. The third-order valence-corrected chi connectivity index (χ3v) is 4.19. The zero-order chi connectivity index (χ0) is 18.9. The number of hydrogen-bond donors (Lipinski definition) is 2. The number of nitriles is 1. The van der Waals surface area contributed by atoms with Crippen molar-refractivity contribution in [2.45, 2.75) is 19.5 Å². The zero-order valence-corrected chi connectivity index (χ0v) is 15.4. The Hall–Kier alpha value is -2.97. The van der Waals surface area contributed by atoms with Gasteiger partial charge in [0.25, 0.3) is 5.91 Å². The van der Waals surface area contributed by atoms with Crippen molar-refractivity contribution in [3.63, 3.8) is 0 Å². The van der Waals surface area contributed by atoms with Gasteiger partial charge in [0.2, 0.25) is 0 Å². The quantitative estimate of drug-likeness (QED) is 0.576. The Morgan fingerprint density at radius 3 is 2.58 bits per heavy atom. The fraction of sp³-hybridized carbons (Fsp3) is 0.200. The van der Waals surface area contributed by atoms with E-state index in [0.29, 0.717) is 11.6 Å². The summed E-state index contributed by atoms with van der Waals surface area (Å²) in [5.41, 5.74) is 1.80. The Kier molecular flexibility index (Phi) is 7.07. The van der Waals surface area contributed by atoms with Gasteiger partial charge in [0.05, 0.1) is 13.2 Å². The molecule has 134 valence electrons. The molecule has 26 heavy (non-hydrogen) atoms. The fourth-order valence-electron chi connectivity index (χ4n) is 2.30. The molecule has 0 radical (unpaired) electrons. The van der Waals surface area contributed by atoms with E-state index in [1.165, 1.54) is 6.20 Å². The number of hydrogen-bond acceptors (Lipinski definition) is 4. The highest BCUT2D eigenvalue weighted by Gasteiger charge is 2.13. The highest BCUT2D eigenvalue weighted by molar-refractivity contribution is 6.31. The Labute approximate surface area is 158 Å². The highest BCUT2D eigenvalue weighted by Crippen LogP contribution is 2.17. The topological polar surface area (TPSA) is 74.1 Å². The third-order valence-electron chi connectivity index (χ3n) is 3.83. The maximum atomic E-state index is 12.3. The molecule has 0 aliphatic carbocycles. The predicted molar refractivity (Wildman–Crippen MR) is 102 cm³/mol. The first-order valence-corrected chi connectivity index (χ1v) is 8.44. The molecule has 1 atom stereocenters. The molecule has 0 fully saturated rings. The number of halogens is 1. The summed E-state index contributed by atoms with van der Waals surface area (Å²) < 4.78 is 5.12. The lowest BCUT2D eigenvalue weighted by Gasteiger charge is -2.14. The van der Waals surface area contributed by atoms with Crippen LogP contribution in [0.4, 0.5) is 0 Å². The summed E-state index contributed by atoms with van der Waals surface area (Å²) in [6.07, 6.45) is 1.40. The SMILES string of the molecule is COc1ccc(C(C)NC(=O)/C(C#N)=C\NCc2ccccc2Cl)cc1. The van der Waals surface area contributed by atoms with Gasteiger partial charge < -0.3 is 15.4 Å². The molecule has 2 rings (SSSR count). The second kappa shape index (κ2) is 9.50. The molecular formula is C20H20ClN3O2. The molecule has 0 saturated heterocycles. The minimum atomic E-state index is -0.442. The van der Waals surface area contributed by atoms with Gasteiger partial charge in [-0.15, -0.1) is 0 Å². The summed E-state index contributed by atoms with van der Waals surface area (Å²) in [4.78, 5) is 12.3. The number of nitrogens with one attached hydrogen (secondary N) is 2. The predicted octanol–water partition coefficient (Wildman–Crippen LogP) is 3.72. The molecule has 0 saturated carbocycles. The Balaban J connectivity index is 1.96. The van der Waals surface area contributed by atoms with Crippen LogP contribution in [0.3, 0.4) is 0 Å². The summed E-state index contributed by atoms with van der Waals surface area (Å²) in [6.45, 7) is 2.28. The lowest BCUT2D eigenvalue weighted by atomic mass is 10.1. The normalized spacial score (nSPS) is 12.0. The molecule has 5 nitrogen and oxygen atoms in total. The number of methoxy groups -OCH3 is 1. The minimum absolute atomic E-state index is 0.00239. The van der Waals surface area contributed by atoms with E-state index in [0.717, 1.165) is 16.9 Å². The molecule has 1 unspecified atom stereocenters. The Morgan fingerprint density at radius 2 is 1.96 bits per heavy atom. The molecule has 0 spiro atoms. The highest BCUT2D eigenvalue weighted by atomic mass is 35.5. The molecule has 0 aromatic heterocycles. The van der Waals surface area contributed by atoms with Crippen molar-refractivity contribution < 1.29 is 9.53 Å². The first-order chi connectivity index (χ1) is 12.5. The molecular weight excluding hydrogens is 350 g/mol. The maximum absolute atomic E-state index is 12.3. The van der Waals surface area contributed by atoms with E-state index in [4.69, 9.17) is 16.3 Å². The molecule has 2 aromatic rings. The van der Waals surface area contributed by atoms with Crippen LogP contribution < -0.4 is 15.4 Å². The van der Waals surface area contributed by atoms with Crippen molar-refractivity contribution in [1.82, 2.24) is 10.6 Å². The molecule has 2 N–H and O–H groups in total. The molecule has 1 amide bonds. The molecule has 2 aromatic carbocycles. The van der Waals surface area contributed by atoms with Crippen LogP contribution in [0.25, 0.3) is 0 Å². The van der Waals surface area contributed by atoms with E-state index in [-0.39, 0.29) is 11.6 Å². The molecule has 0 aliphatic heterocycles. The van der Waals surface area contributed by atoms with E-state index in [1.807, 2.05) is 55.5 Å². The summed E-state index contributed by atoms with van der Waals surface area (Å²) in [5, 5.41) is 15.6. The van der Waals surface area contributed by atoms with Crippen LogP contribution in [0.2, 0.25) is 5.02 Å². The summed E-state index contributed by atoms with van der Waals surface area (Å²) in [7, 11) is 1.60. The minimum Gasteiger partial charge on any atom is -0.497 e. The zero-order valence-electron chi connectivity index (χ0n) is 14.6. The lowest BCUT2D eigenvalue weighted by Crippen LogP contribution is -2.28. The van der Waals surface area contributed by atoms with E-state index in [1.54, 1.807) is 13.2 Å². The maximum Gasteiger partial charge on any atom is 0.263 e. The van der Waals surface area contributed by atoms with Crippen molar-refractivity contribution in [2.24, 2.45) is 0 Å². The fourth-order valence-corrected chi connectivity index (χ4v) is 2.51. The number of benzene rings is 2. The Morgan fingerprint density at radius 1 is 1.27 bits per heavy atom. The van der Waals surface area contributed by atoms with Gasteiger partial charge in [-0.3, -0.25) is 4.79 Å². The number of ether oxygens (including phenoxy) is 1. The third kappa shape index (κ3) is 5.27. The first kappa shape index (κ1) is 19.4. The lowest BCUT2D eigenvalue weighted by molar-refractivity contribution is -0.117. The Bertz CT molecular complexity index is 826. The van der Waals surface area contributed by atoms with Crippen molar-refractivity contribution in [3.8, 4) is 11.8 Å². The molecule has 0 heterocycles. The van der Waals surface area contributed by atoms with E-state index in [9.17, 15) is 10.1 Å². The van der Waals surface area contributed by atoms with Crippen LogP contribution in [0, 0.1) is 11.3 Å². The standard InChI is InChI=1S/C20H20ClN3O2/c1-14(15-7-9-18(26-2)10-8-15)24-20(25)17(11-22)13-23-12-16-5-3-4-6-19(16)21/h3-10,13-14,23H,12H2,1-2H3,(H,24,25)/b17-13-. The second-order valence-electron chi connectivity index (χ2n) is 5.61. The van der Waals surface area contributed by atoms with Crippen LogP contribution in [0.15, 0.2) is 60.3 Å². The van der Waals surface area contributed by atoms with E-state index < -0.39 is 5.91 Å². The number of rotatable bonds is 7. The largest absolute Gasteiger partial charge is 0.497 e. The van der Waals surface area contributed by atoms with Gasteiger partial charge in [0, 0.05) is 17.8 Å². The van der Waals surface area contributed by atoms with Gasteiger partial charge in [-0.05, 0) is 36.2 Å². The number of amides is 1. The van der Waals surface area contributed by atoms with Crippen molar-refractivity contribution in [2.75, 3.05) is 7.11 Å². The van der Waals surface area contributed by atoms with Crippen LogP contribution >= 0.6 is 11.6 Å². The van der Waals surface area contributed by atoms with Crippen LogP contribution in [-0.2, 0) is 11.3 Å². The van der Waals surface area contributed by atoms with Gasteiger partial charge in [0.15, 0.2) is 0 Å². The molecule has 0 bridgehead atoms. The molecule has 6 heteroatoms. The van der Waals surface area contributed by atoms with Crippen LogP contribution in [0.1, 0.15) is 24.1 Å². The number of carbonyl (C=O) groups is 1. The summed E-state index contributed by atoms with van der Waals surface area (Å²) >= 11 is 6.08. The first-order valence-electron chi connectivity index (χ1n) is 8.07. The second-order valence-corrected chi connectivity index (χ2v) is 6.02. The monoisotopic (exact) mass is 369 g/mol. The average molecular weight is 370 g/mol. The van der Waals surface area contributed by atoms with Gasteiger partial charge >= 0.3 is 0 Å². The van der Waals surface area contributed by atoms with E-state index >= 15 is 0 Å². The van der Waals surface area contributed by atoms with Crippen LogP contribution in [-0.4, -0.2) is 13.0 Å². The summed E-state index contributed by atoms with van der Waals surface area (Å²) in [5.74, 6) is 0.302. The smallest absolute Gasteiger partial charge is 0.263 e. The average Bonchev–Trinajstić information content (AvgIpc) is 2.66. The van der Waals surface area contributed by atoms with Crippen LogP contribution in [0.5, 0.6) is 5.75 Å². The van der Waals surface area contributed by atoms with Gasteiger partial charge in [0.1, 0.15) is 17.4 Å². The van der Waals surface area contributed by atoms with Gasteiger partial charge in [-0.25, -0.2) is 0 Å².